The zero-order valence-corrected chi connectivity index (χ0v) is 15.2. The largest absolute Gasteiger partial charge is 0.417 e. The number of nitriles is 1. The summed E-state index contributed by atoms with van der Waals surface area (Å²) in [5, 5.41) is 19.7. The van der Waals surface area contributed by atoms with Crippen LogP contribution in [0.25, 0.3) is 10.9 Å². The van der Waals surface area contributed by atoms with Crippen molar-refractivity contribution in [2.75, 3.05) is 11.5 Å². The van der Waals surface area contributed by atoms with Crippen molar-refractivity contribution in [1.29, 1.82) is 5.26 Å². The number of thioether (sulfide) groups is 1. The quantitative estimate of drug-likeness (QED) is 0.702. The lowest BCUT2D eigenvalue weighted by atomic mass is 10.0. The standard InChI is InChI=1S/C17H16F6N2OS/c1-3-27-9-15(2,26)14-5-10-4-11(7-24)12(17(21,22)23)6-13(10)25(14)8-16(18,19)20/h4-6,26H,3,8-9H2,1-2H3. The van der Waals surface area contributed by atoms with Gasteiger partial charge in [0.05, 0.1) is 22.9 Å². The lowest BCUT2D eigenvalue weighted by Gasteiger charge is -2.26. The molecule has 0 aliphatic heterocycles. The van der Waals surface area contributed by atoms with E-state index in [-0.39, 0.29) is 22.3 Å². The molecule has 1 unspecified atom stereocenters. The molecule has 0 aliphatic rings. The minimum absolute atomic E-state index is 0.0283. The highest BCUT2D eigenvalue weighted by molar-refractivity contribution is 7.99. The summed E-state index contributed by atoms with van der Waals surface area (Å²) in [5.74, 6) is 0.668. The van der Waals surface area contributed by atoms with Crippen molar-refractivity contribution in [3.05, 3.63) is 35.0 Å². The minimum Gasteiger partial charge on any atom is -0.383 e. The van der Waals surface area contributed by atoms with E-state index in [1.165, 1.54) is 30.8 Å². The van der Waals surface area contributed by atoms with Crippen LogP contribution >= 0.6 is 11.8 Å². The number of rotatable bonds is 5. The minimum atomic E-state index is -4.90. The summed E-state index contributed by atoms with van der Waals surface area (Å²) >= 11 is 1.28. The van der Waals surface area contributed by atoms with Gasteiger partial charge in [0.2, 0.25) is 0 Å². The van der Waals surface area contributed by atoms with Gasteiger partial charge in [-0.2, -0.15) is 43.4 Å². The Balaban J connectivity index is 2.80. The van der Waals surface area contributed by atoms with Crippen molar-refractivity contribution in [3.63, 3.8) is 0 Å². The van der Waals surface area contributed by atoms with Gasteiger partial charge in [0.1, 0.15) is 12.1 Å². The molecule has 0 radical (unpaired) electrons. The van der Waals surface area contributed by atoms with Gasteiger partial charge in [0.25, 0.3) is 0 Å². The van der Waals surface area contributed by atoms with E-state index < -0.39 is 35.6 Å². The number of halogens is 6. The fourth-order valence-corrected chi connectivity index (χ4v) is 3.56. The molecule has 1 N–H and O–H groups in total. The third-order valence-electron chi connectivity index (χ3n) is 3.94. The van der Waals surface area contributed by atoms with Crippen LogP contribution in [0.3, 0.4) is 0 Å². The van der Waals surface area contributed by atoms with E-state index in [2.05, 4.69) is 0 Å². The van der Waals surface area contributed by atoms with E-state index in [0.717, 1.165) is 6.07 Å². The van der Waals surface area contributed by atoms with Gasteiger partial charge in [-0.05, 0) is 30.9 Å². The van der Waals surface area contributed by atoms with Gasteiger partial charge in [-0.15, -0.1) is 0 Å². The molecule has 1 aromatic heterocycles. The summed E-state index contributed by atoms with van der Waals surface area (Å²) < 4.78 is 79.4. The number of fused-ring (bicyclic) bond motifs is 1. The summed E-state index contributed by atoms with van der Waals surface area (Å²) in [5.41, 5.74) is -4.19. The van der Waals surface area contributed by atoms with Crippen molar-refractivity contribution >= 4 is 22.7 Å². The highest BCUT2D eigenvalue weighted by atomic mass is 32.2. The van der Waals surface area contributed by atoms with E-state index in [0.29, 0.717) is 16.4 Å². The monoisotopic (exact) mass is 410 g/mol. The Morgan fingerprint density at radius 1 is 1.15 bits per heavy atom. The normalized spacial score (nSPS) is 15.0. The van der Waals surface area contributed by atoms with Gasteiger partial charge in [-0.1, -0.05) is 6.92 Å². The van der Waals surface area contributed by atoms with Gasteiger partial charge in [0, 0.05) is 16.7 Å². The van der Waals surface area contributed by atoms with E-state index in [1.54, 1.807) is 6.92 Å². The second-order valence-corrected chi connectivity index (χ2v) is 7.48. The van der Waals surface area contributed by atoms with E-state index in [4.69, 9.17) is 5.26 Å². The van der Waals surface area contributed by atoms with Crippen LogP contribution in [0.2, 0.25) is 0 Å². The Kier molecular flexibility index (Phi) is 5.78. The number of benzene rings is 1. The van der Waals surface area contributed by atoms with Gasteiger partial charge in [-0.25, -0.2) is 0 Å². The van der Waals surface area contributed by atoms with Gasteiger partial charge < -0.3 is 9.67 Å². The first-order valence-corrected chi connectivity index (χ1v) is 8.97. The molecule has 148 valence electrons. The molecule has 0 aliphatic carbocycles. The first kappa shape index (κ1) is 21.4. The predicted molar refractivity (Wildman–Crippen MR) is 90.3 cm³/mol. The van der Waals surface area contributed by atoms with Crippen LogP contribution < -0.4 is 0 Å². The molecule has 0 saturated carbocycles. The molecule has 3 nitrogen and oxygen atoms in total. The second kappa shape index (κ2) is 7.28. The van der Waals surface area contributed by atoms with Crippen LogP contribution in [0.5, 0.6) is 0 Å². The SMILES string of the molecule is CCSCC(C)(O)c1cc2cc(C#N)c(C(F)(F)F)cc2n1CC(F)(F)F. The molecule has 10 heteroatoms. The molecule has 2 rings (SSSR count). The van der Waals surface area contributed by atoms with Crippen LogP contribution in [-0.4, -0.2) is 27.4 Å². The Morgan fingerprint density at radius 2 is 1.78 bits per heavy atom. The predicted octanol–water partition coefficient (Wildman–Crippen LogP) is 5.05. The zero-order chi connectivity index (χ0) is 20.6. The number of hydrogen-bond donors (Lipinski definition) is 1. The van der Waals surface area contributed by atoms with Crippen molar-refractivity contribution in [2.45, 2.75) is 38.3 Å². The number of nitrogens with zero attached hydrogens (tertiary/aromatic N) is 2. The molecule has 0 fully saturated rings. The first-order chi connectivity index (χ1) is 12.3. The third-order valence-corrected chi connectivity index (χ3v) is 5.12. The van der Waals surface area contributed by atoms with Crippen LogP contribution in [0.15, 0.2) is 18.2 Å². The van der Waals surface area contributed by atoms with Crippen LogP contribution in [0.4, 0.5) is 26.3 Å². The maximum Gasteiger partial charge on any atom is 0.417 e. The third kappa shape index (κ3) is 4.71. The van der Waals surface area contributed by atoms with Crippen molar-refractivity contribution in [3.8, 4) is 6.07 Å². The molecule has 1 heterocycles. The molecule has 1 aromatic carbocycles. The molecule has 0 amide bonds. The van der Waals surface area contributed by atoms with Crippen LogP contribution in [0.1, 0.15) is 30.7 Å². The maximum absolute atomic E-state index is 13.2. The number of alkyl halides is 6. The fraction of sp³-hybridized carbons (Fsp3) is 0.471. The van der Waals surface area contributed by atoms with Crippen molar-refractivity contribution in [2.24, 2.45) is 0 Å². The molecule has 0 spiro atoms. The second-order valence-electron chi connectivity index (χ2n) is 6.21. The number of aliphatic hydroxyl groups is 1. The summed E-state index contributed by atoms with van der Waals surface area (Å²) in [7, 11) is 0. The smallest absolute Gasteiger partial charge is 0.383 e. The maximum atomic E-state index is 13.2. The molecular weight excluding hydrogens is 394 g/mol. The highest BCUT2D eigenvalue weighted by Gasteiger charge is 2.38. The van der Waals surface area contributed by atoms with Gasteiger partial charge >= 0.3 is 12.4 Å². The van der Waals surface area contributed by atoms with Gasteiger partial charge in [-0.3, -0.25) is 0 Å². The van der Waals surface area contributed by atoms with Crippen molar-refractivity contribution < 1.29 is 31.4 Å². The summed E-state index contributed by atoms with van der Waals surface area (Å²) in [6, 6.07) is 4.07. The average Bonchev–Trinajstić information content (AvgIpc) is 2.87. The summed E-state index contributed by atoms with van der Waals surface area (Å²) in [4.78, 5) is 0. The molecule has 2 aromatic rings. The lowest BCUT2D eigenvalue weighted by molar-refractivity contribution is -0.141. The summed E-state index contributed by atoms with van der Waals surface area (Å²) in [6.07, 6.45) is -9.60. The Bertz CT molecular complexity index is 877. The zero-order valence-electron chi connectivity index (χ0n) is 14.4. The van der Waals surface area contributed by atoms with E-state index >= 15 is 0 Å². The Labute approximate surface area is 155 Å². The van der Waals surface area contributed by atoms with Crippen molar-refractivity contribution in [1.82, 2.24) is 4.57 Å². The van der Waals surface area contributed by atoms with Gasteiger partial charge in [0.15, 0.2) is 0 Å². The molecule has 0 saturated heterocycles. The summed E-state index contributed by atoms with van der Waals surface area (Å²) in [6.45, 7) is 1.56. The number of aromatic nitrogens is 1. The first-order valence-electron chi connectivity index (χ1n) is 7.82. The van der Waals surface area contributed by atoms with E-state index in [1.807, 2.05) is 0 Å². The topological polar surface area (TPSA) is 48.9 Å². The molecular formula is C17H16F6N2OS. The molecule has 1 atom stereocenters. The average molecular weight is 410 g/mol. The van der Waals surface area contributed by atoms with E-state index in [9.17, 15) is 31.4 Å². The Morgan fingerprint density at radius 3 is 2.26 bits per heavy atom. The number of hydrogen-bond acceptors (Lipinski definition) is 3. The van der Waals surface area contributed by atoms with Crippen LogP contribution in [0, 0.1) is 11.3 Å². The lowest BCUT2D eigenvalue weighted by Crippen LogP contribution is -2.30. The van der Waals surface area contributed by atoms with Crippen LogP contribution in [-0.2, 0) is 18.3 Å². The molecule has 0 bridgehead atoms. The fourth-order valence-electron chi connectivity index (χ4n) is 2.81. The highest BCUT2D eigenvalue weighted by Crippen LogP contribution is 2.38. The Hall–Kier alpha value is -1.86. The molecule has 27 heavy (non-hydrogen) atoms.